The Labute approximate surface area is 302 Å². The number of nitriles is 1. The number of hydrogen-bond acceptors (Lipinski definition) is 16. The summed E-state index contributed by atoms with van der Waals surface area (Å²) >= 11 is 0. The van der Waals surface area contributed by atoms with Crippen LogP contribution in [0.4, 0.5) is 5.82 Å². The van der Waals surface area contributed by atoms with Gasteiger partial charge in [0.25, 0.3) is 0 Å². The second-order valence-electron chi connectivity index (χ2n) is 13.1. The number of anilines is 1. The Bertz CT molecular complexity index is 1670. The van der Waals surface area contributed by atoms with Gasteiger partial charge in [0, 0.05) is 12.8 Å². The van der Waals surface area contributed by atoms with E-state index in [9.17, 15) is 29.0 Å². The molecule has 1 aliphatic rings. The maximum absolute atomic E-state index is 14.2. The van der Waals surface area contributed by atoms with Crippen molar-refractivity contribution in [1.82, 2.24) is 19.7 Å². The molecule has 0 saturated carbocycles. The molecule has 0 aromatic carbocycles. The third-order valence-electron chi connectivity index (χ3n) is 8.29. The first-order valence-corrected chi connectivity index (χ1v) is 18.6. The van der Waals surface area contributed by atoms with Crippen LogP contribution in [0, 0.1) is 22.7 Å². The molecule has 2 aromatic rings. The summed E-state index contributed by atoms with van der Waals surface area (Å²) in [6.07, 6.45) is -2.04. The van der Waals surface area contributed by atoms with E-state index in [1.165, 1.54) is 37.4 Å². The van der Waals surface area contributed by atoms with E-state index >= 15 is 0 Å². The first-order valence-electron chi connectivity index (χ1n) is 17.1. The molecule has 18 nitrogen and oxygen atoms in total. The van der Waals surface area contributed by atoms with Gasteiger partial charge in [-0.3, -0.25) is 28.2 Å². The molecule has 0 radical (unpaired) electrons. The zero-order valence-corrected chi connectivity index (χ0v) is 31.7. The van der Waals surface area contributed by atoms with Crippen molar-refractivity contribution in [2.24, 2.45) is 11.3 Å². The largest absolute Gasteiger partial charge is 0.464 e. The predicted octanol–water partition coefficient (Wildman–Crippen LogP) is 3.72. The summed E-state index contributed by atoms with van der Waals surface area (Å²) in [5.41, 5.74) is 3.27. The zero-order valence-electron chi connectivity index (χ0n) is 30.8. The number of carbonyl (C=O) groups excluding carboxylic acids is 4. The molecule has 1 aliphatic heterocycles. The molecule has 1 fully saturated rings. The first-order chi connectivity index (χ1) is 24.5. The number of carbonyl (C=O) groups is 4. The lowest BCUT2D eigenvalue weighted by Gasteiger charge is -2.28. The highest BCUT2D eigenvalue weighted by atomic mass is 31.2. The van der Waals surface area contributed by atoms with Crippen LogP contribution in [0.15, 0.2) is 18.5 Å². The Balaban J connectivity index is 2.02. The molecule has 3 heterocycles. The zero-order chi connectivity index (χ0) is 38.9. The topological polar surface area (TPSA) is 242 Å². The second kappa shape index (κ2) is 18.1. The van der Waals surface area contributed by atoms with Crippen molar-refractivity contribution in [2.45, 2.75) is 111 Å². The second-order valence-corrected chi connectivity index (χ2v) is 14.9. The molecular formula is C33H49N6O12P. The van der Waals surface area contributed by atoms with E-state index in [1.807, 2.05) is 13.8 Å². The molecule has 0 bridgehead atoms. The molecular weight excluding hydrogens is 703 g/mol. The van der Waals surface area contributed by atoms with Crippen molar-refractivity contribution in [3.05, 3.63) is 24.2 Å². The fourth-order valence-corrected chi connectivity index (χ4v) is 6.39. The normalized spacial score (nSPS) is 22.0. The predicted molar refractivity (Wildman–Crippen MR) is 183 cm³/mol. The third kappa shape index (κ3) is 10.0. The van der Waals surface area contributed by atoms with Crippen molar-refractivity contribution in [1.29, 1.82) is 5.26 Å². The molecule has 52 heavy (non-hydrogen) atoms. The minimum Gasteiger partial charge on any atom is -0.464 e. The van der Waals surface area contributed by atoms with E-state index in [1.54, 1.807) is 20.8 Å². The SMILES string of the molecule is CCC(=O)O[C@H]1[C@@H](OC(=O)CC)[C@](C#N)(c2ccc3c(N)ncnn23)O[C@@H]1CO[P@](=O)(N[C@@H](C)C(=O)OCC(CC)CC)OCOC(=O)C(C)(C)C. The monoisotopic (exact) mass is 752 g/mol. The van der Waals surface area contributed by atoms with Crippen LogP contribution in [0.25, 0.3) is 5.52 Å². The molecule has 2 aromatic heterocycles. The Morgan fingerprint density at radius 2 is 1.73 bits per heavy atom. The number of fused-ring (bicyclic) bond motifs is 1. The van der Waals surface area contributed by atoms with Crippen LogP contribution >= 0.6 is 7.75 Å². The summed E-state index contributed by atoms with van der Waals surface area (Å²) in [6.45, 7) is 11.7. The molecule has 19 heteroatoms. The number of nitrogens with two attached hydrogens (primary N) is 1. The number of nitrogens with zero attached hydrogens (tertiary/aromatic N) is 4. The molecule has 0 aliphatic carbocycles. The Morgan fingerprint density at radius 3 is 2.33 bits per heavy atom. The number of rotatable bonds is 18. The summed E-state index contributed by atoms with van der Waals surface area (Å²) < 4.78 is 55.0. The van der Waals surface area contributed by atoms with Gasteiger partial charge in [-0.2, -0.15) is 10.4 Å². The number of esters is 4. The molecule has 0 spiro atoms. The minimum atomic E-state index is -4.61. The first kappa shape index (κ1) is 42.3. The smallest absolute Gasteiger partial charge is 0.409 e. The summed E-state index contributed by atoms with van der Waals surface area (Å²) in [6, 6.07) is 3.80. The number of aromatic nitrogens is 3. The van der Waals surface area contributed by atoms with E-state index in [-0.39, 0.29) is 36.9 Å². The van der Waals surface area contributed by atoms with Crippen molar-refractivity contribution in [2.75, 3.05) is 25.7 Å². The van der Waals surface area contributed by atoms with Gasteiger partial charge in [-0.25, -0.2) is 19.2 Å². The highest BCUT2D eigenvalue weighted by Crippen LogP contribution is 2.48. The molecule has 288 valence electrons. The van der Waals surface area contributed by atoms with Crippen LogP contribution in [0.1, 0.15) is 86.8 Å². The number of hydrogen-bond donors (Lipinski definition) is 2. The van der Waals surface area contributed by atoms with Crippen LogP contribution in [0.2, 0.25) is 0 Å². The summed E-state index contributed by atoms with van der Waals surface area (Å²) in [4.78, 5) is 54.8. The van der Waals surface area contributed by atoms with Crippen molar-refractivity contribution < 1.29 is 56.5 Å². The van der Waals surface area contributed by atoms with E-state index in [0.717, 1.165) is 19.2 Å². The Morgan fingerprint density at radius 1 is 1.08 bits per heavy atom. The summed E-state index contributed by atoms with van der Waals surface area (Å²) in [5.74, 6) is -2.73. The van der Waals surface area contributed by atoms with Gasteiger partial charge in [0.2, 0.25) is 12.4 Å². The van der Waals surface area contributed by atoms with Gasteiger partial charge in [-0.05, 0) is 45.7 Å². The van der Waals surface area contributed by atoms with Gasteiger partial charge < -0.3 is 29.4 Å². The third-order valence-corrected chi connectivity index (χ3v) is 9.93. The molecule has 0 amide bonds. The average molecular weight is 753 g/mol. The summed E-state index contributed by atoms with van der Waals surface area (Å²) in [7, 11) is -4.61. The van der Waals surface area contributed by atoms with Crippen LogP contribution in [-0.2, 0) is 62.1 Å². The summed E-state index contributed by atoms with van der Waals surface area (Å²) in [5, 5.41) is 17.4. The van der Waals surface area contributed by atoms with E-state index in [4.69, 9.17) is 38.5 Å². The molecule has 6 atom stereocenters. The number of nitrogens with one attached hydrogen (secondary N) is 1. The van der Waals surface area contributed by atoms with Gasteiger partial charge in [-0.15, -0.1) is 0 Å². The highest BCUT2D eigenvalue weighted by molar-refractivity contribution is 7.51. The van der Waals surface area contributed by atoms with E-state index in [0.29, 0.717) is 5.52 Å². The van der Waals surface area contributed by atoms with Gasteiger partial charge in [0.05, 0.1) is 24.3 Å². The minimum absolute atomic E-state index is 0.0496. The Hall–Kier alpha value is -4.14. The maximum atomic E-state index is 14.2. The number of nitrogen functional groups attached to an aromatic ring is 1. The lowest BCUT2D eigenvalue weighted by molar-refractivity contribution is -0.169. The fourth-order valence-electron chi connectivity index (χ4n) is 5.05. The van der Waals surface area contributed by atoms with Crippen molar-refractivity contribution in [3.8, 4) is 6.07 Å². The van der Waals surface area contributed by atoms with Gasteiger partial charge in [0.1, 0.15) is 30.1 Å². The molecule has 3 rings (SSSR count). The average Bonchev–Trinajstić information content (AvgIpc) is 3.67. The van der Waals surface area contributed by atoms with Crippen LogP contribution < -0.4 is 10.8 Å². The molecule has 3 N–H and O–H groups in total. The van der Waals surface area contributed by atoms with Gasteiger partial charge in [-0.1, -0.05) is 40.5 Å². The maximum Gasteiger partial charge on any atom is 0.409 e. The number of ether oxygens (including phenoxy) is 5. The van der Waals surface area contributed by atoms with E-state index < -0.39 is 80.4 Å². The highest BCUT2D eigenvalue weighted by Gasteiger charge is 2.62. The van der Waals surface area contributed by atoms with Crippen LogP contribution in [-0.4, -0.2) is 82.8 Å². The van der Waals surface area contributed by atoms with Crippen LogP contribution in [0.3, 0.4) is 0 Å². The fraction of sp³-hybridized carbons (Fsp3) is 0.667. The standard InChI is InChI=1S/C33H49N6O12P/c1-9-21(10-2)15-45-30(42)20(5)38-52(44,48-19-46-31(43)32(6,7)8)47-16-23-27(49-25(40)11-3)28(50-26(41)12-4)33(17-34,51-23)24-14-13-22-29(35)36-18-37-39(22)24/h13-14,18,20-21,23,27-28H,9-12,15-16,19H2,1-8H3,(H,38,44)(H2,35,36,37)/t20-,23+,27+,28+,33-,52+/m0/s1. The van der Waals surface area contributed by atoms with E-state index in [2.05, 4.69) is 21.2 Å². The van der Waals surface area contributed by atoms with Crippen molar-refractivity contribution in [3.63, 3.8) is 0 Å². The quantitative estimate of drug-likeness (QED) is 0.0954. The lowest BCUT2D eigenvalue weighted by atomic mass is 9.92. The van der Waals surface area contributed by atoms with Crippen LogP contribution in [0.5, 0.6) is 0 Å². The lowest BCUT2D eigenvalue weighted by Crippen LogP contribution is -2.46. The van der Waals surface area contributed by atoms with Gasteiger partial charge in [0.15, 0.2) is 18.0 Å². The molecule has 1 saturated heterocycles. The Kier molecular flexibility index (Phi) is 14.7. The molecule has 0 unspecified atom stereocenters. The van der Waals surface area contributed by atoms with Crippen molar-refractivity contribution >= 4 is 43.0 Å². The van der Waals surface area contributed by atoms with Gasteiger partial charge >= 0.3 is 31.6 Å².